The maximum absolute atomic E-state index is 12.1. The van der Waals surface area contributed by atoms with Crippen LogP contribution in [0.15, 0.2) is 18.2 Å². The van der Waals surface area contributed by atoms with E-state index in [0.29, 0.717) is 16.9 Å². The minimum Gasteiger partial charge on any atom is -0.399 e. The van der Waals surface area contributed by atoms with Crippen LogP contribution in [-0.2, 0) is 0 Å². The summed E-state index contributed by atoms with van der Waals surface area (Å²) in [5, 5.41) is 2.95. The van der Waals surface area contributed by atoms with Gasteiger partial charge < -0.3 is 21.7 Å². The lowest BCUT2D eigenvalue weighted by Crippen LogP contribution is -2.42. The first-order chi connectivity index (χ1) is 8.97. The molecule has 1 rings (SSSR count). The Kier molecular flexibility index (Phi) is 5.63. The number of nitrogen functional groups attached to an aromatic ring is 2. The fraction of sp³-hybridized carbons (Fsp3) is 0.500. The molecule has 0 spiro atoms. The van der Waals surface area contributed by atoms with E-state index in [1.807, 2.05) is 6.92 Å². The van der Waals surface area contributed by atoms with Gasteiger partial charge in [0, 0.05) is 24.0 Å². The average Bonchev–Trinajstić information content (AvgIpc) is 2.35. The molecule has 0 radical (unpaired) electrons. The number of hydrogen-bond donors (Lipinski definition) is 3. The summed E-state index contributed by atoms with van der Waals surface area (Å²) >= 11 is 0. The lowest BCUT2D eigenvalue weighted by atomic mass is 10.1. The molecule has 0 aliphatic heterocycles. The van der Waals surface area contributed by atoms with Crippen LogP contribution in [0.25, 0.3) is 0 Å². The second kappa shape index (κ2) is 6.99. The van der Waals surface area contributed by atoms with Crippen LogP contribution in [0.5, 0.6) is 0 Å². The summed E-state index contributed by atoms with van der Waals surface area (Å²) in [4.78, 5) is 14.4. The Labute approximate surface area is 115 Å². The number of carbonyl (C=O) groups excluding carboxylic acids is 1. The molecule has 0 bridgehead atoms. The summed E-state index contributed by atoms with van der Waals surface area (Å²) in [5.74, 6) is -0.155. The zero-order chi connectivity index (χ0) is 14.4. The minimum absolute atomic E-state index is 0.0735. The molecule has 0 fully saturated rings. The van der Waals surface area contributed by atoms with Crippen LogP contribution >= 0.6 is 0 Å². The van der Waals surface area contributed by atoms with Crippen molar-refractivity contribution in [1.82, 2.24) is 10.2 Å². The van der Waals surface area contributed by atoms with Crippen LogP contribution in [0.2, 0.25) is 0 Å². The first kappa shape index (κ1) is 15.3. The standard InChI is InChI=1S/C14H24N4O/c1-4-18(5-2)9-10(3)17-14(19)12-7-6-11(15)8-13(12)16/h6-8,10H,4-5,9,15-16H2,1-3H3,(H,17,19). The number of benzene rings is 1. The predicted molar refractivity (Wildman–Crippen MR) is 80.0 cm³/mol. The molecule has 0 aliphatic rings. The second-order valence-corrected chi connectivity index (χ2v) is 4.71. The molecule has 1 atom stereocenters. The van der Waals surface area contributed by atoms with E-state index in [1.54, 1.807) is 18.2 Å². The van der Waals surface area contributed by atoms with Gasteiger partial charge in [-0.25, -0.2) is 0 Å². The number of nitrogens with two attached hydrogens (primary N) is 2. The van der Waals surface area contributed by atoms with Crippen molar-refractivity contribution >= 4 is 17.3 Å². The zero-order valence-electron chi connectivity index (χ0n) is 11.9. The average molecular weight is 264 g/mol. The Hall–Kier alpha value is -1.75. The minimum atomic E-state index is -0.155. The molecule has 0 saturated heterocycles. The largest absolute Gasteiger partial charge is 0.399 e. The van der Waals surface area contributed by atoms with Gasteiger partial charge in [-0.05, 0) is 38.2 Å². The van der Waals surface area contributed by atoms with Gasteiger partial charge in [-0.15, -0.1) is 0 Å². The molecule has 1 aromatic rings. The van der Waals surface area contributed by atoms with Crippen molar-refractivity contribution in [1.29, 1.82) is 0 Å². The van der Waals surface area contributed by atoms with Crippen LogP contribution < -0.4 is 16.8 Å². The third-order valence-corrected chi connectivity index (χ3v) is 3.12. The van der Waals surface area contributed by atoms with Crippen molar-refractivity contribution in [3.8, 4) is 0 Å². The van der Waals surface area contributed by atoms with Gasteiger partial charge in [-0.3, -0.25) is 4.79 Å². The van der Waals surface area contributed by atoms with E-state index in [0.717, 1.165) is 19.6 Å². The highest BCUT2D eigenvalue weighted by atomic mass is 16.1. The summed E-state index contributed by atoms with van der Waals surface area (Å²) < 4.78 is 0. The maximum Gasteiger partial charge on any atom is 0.253 e. The molecule has 5 heteroatoms. The molecular formula is C14H24N4O. The van der Waals surface area contributed by atoms with E-state index in [4.69, 9.17) is 11.5 Å². The summed E-state index contributed by atoms with van der Waals surface area (Å²) in [7, 11) is 0. The van der Waals surface area contributed by atoms with Crippen molar-refractivity contribution in [2.45, 2.75) is 26.8 Å². The summed E-state index contributed by atoms with van der Waals surface area (Å²) in [5.41, 5.74) is 12.9. The van der Waals surface area contributed by atoms with Gasteiger partial charge >= 0.3 is 0 Å². The van der Waals surface area contributed by atoms with Crippen molar-refractivity contribution in [2.75, 3.05) is 31.1 Å². The fourth-order valence-corrected chi connectivity index (χ4v) is 2.00. The van der Waals surface area contributed by atoms with Crippen LogP contribution in [-0.4, -0.2) is 36.5 Å². The quantitative estimate of drug-likeness (QED) is 0.676. The summed E-state index contributed by atoms with van der Waals surface area (Å²) in [6, 6.07) is 5.01. The third-order valence-electron chi connectivity index (χ3n) is 3.12. The molecule has 1 unspecified atom stereocenters. The predicted octanol–water partition coefficient (Wildman–Crippen LogP) is 1.31. The highest BCUT2D eigenvalue weighted by molar-refractivity contribution is 5.99. The van der Waals surface area contributed by atoms with E-state index in [9.17, 15) is 4.79 Å². The number of nitrogens with one attached hydrogen (secondary N) is 1. The molecular weight excluding hydrogens is 240 g/mol. The Morgan fingerprint density at radius 2 is 1.95 bits per heavy atom. The fourth-order valence-electron chi connectivity index (χ4n) is 2.00. The smallest absolute Gasteiger partial charge is 0.253 e. The third kappa shape index (κ3) is 4.44. The number of amides is 1. The van der Waals surface area contributed by atoms with Gasteiger partial charge in [0.2, 0.25) is 0 Å². The Morgan fingerprint density at radius 1 is 1.32 bits per heavy atom. The molecule has 1 amide bonds. The van der Waals surface area contributed by atoms with Gasteiger partial charge in [0.25, 0.3) is 5.91 Å². The summed E-state index contributed by atoms with van der Waals surface area (Å²) in [6.45, 7) is 8.98. The lowest BCUT2D eigenvalue weighted by Gasteiger charge is -2.23. The zero-order valence-corrected chi connectivity index (χ0v) is 11.9. The monoisotopic (exact) mass is 264 g/mol. The summed E-state index contributed by atoms with van der Waals surface area (Å²) in [6.07, 6.45) is 0. The number of anilines is 2. The Bertz CT molecular complexity index is 429. The van der Waals surface area contributed by atoms with Crippen molar-refractivity contribution < 1.29 is 4.79 Å². The first-order valence-corrected chi connectivity index (χ1v) is 6.66. The van der Waals surface area contributed by atoms with E-state index in [2.05, 4.69) is 24.1 Å². The lowest BCUT2D eigenvalue weighted by molar-refractivity contribution is 0.0931. The van der Waals surface area contributed by atoms with Gasteiger partial charge in [0.05, 0.1) is 5.56 Å². The van der Waals surface area contributed by atoms with Gasteiger partial charge in [0.15, 0.2) is 0 Å². The SMILES string of the molecule is CCN(CC)CC(C)NC(=O)c1ccc(N)cc1N. The maximum atomic E-state index is 12.1. The molecule has 0 saturated carbocycles. The van der Waals surface area contributed by atoms with Crippen LogP contribution in [0.3, 0.4) is 0 Å². The molecule has 1 aromatic carbocycles. The topological polar surface area (TPSA) is 84.4 Å². The van der Waals surface area contributed by atoms with Gasteiger partial charge in [0.1, 0.15) is 0 Å². The molecule has 5 N–H and O–H groups in total. The molecule has 0 aliphatic carbocycles. The molecule has 19 heavy (non-hydrogen) atoms. The normalized spacial score (nSPS) is 12.4. The molecule has 0 heterocycles. The van der Waals surface area contributed by atoms with E-state index >= 15 is 0 Å². The first-order valence-electron chi connectivity index (χ1n) is 6.66. The number of likely N-dealkylation sites (N-methyl/N-ethyl adjacent to an activating group) is 1. The van der Waals surface area contributed by atoms with Crippen LogP contribution in [0, 0.1) is 0 Å². The van der Waals surface area contributed by atoms with E-state index < -0.39 is 0 Å². The Balaban J connectivity index is 2.63. The highest BCUT2D eigenvalue weighted by Gasteiger charge is 2.14. The second-order valence-electron chi connectivity index (χ2n) is 4.71. The Morgan fingerprint density at radius 3 is 2.47 bits per heavy atom. The van der Waals surface area contributed by atoms with Crippen molar-refractivity contribution in [2.24, 2.45) is 0 Å². The van der Waals surface area contributed by atoms with Gasteiger partial charge in [-0.1, -0.05) is 13.8 Å². The molecule has 106 valence electrons. The number of hydrogen-bond acceptors (Lipinski definition) is 4. The van der Waals surface area contributed by atoms with Crippen LogP contribution in [0.1, 0.15) is 31.1 Å². The number of rotatable bonds is 6. The van der Waals surface area contributed by atoms with E-state index in [1.165, 1.54) is 0 Å². The van der Waals surface area contributed by atoms with Gasteiger partial charge in [-0.2, -0.15) is 0 Å². The van der Waals surface area contributed by atoms with Crippen molar-refractivity contribution in [3.63, 3.8) is 0 Å². The number of nitrogens with zero attached hydrogens (tertiary/aromatic N) is 1. The van der Waals surface area contributed by atoms with Crippen molar-refractivity contribution in [3.05, 3.63) is 23.8 Å². The molecule has 0 aromatic heterocycles. The van der Waals surface area contributed by atoms with E-state index in [-0.39, 0.29) is 11.9 Å². The number of carbonyl (C=O) groups is 1. The molecule has 5 nitrogen and oxygen atoms in total. The highest BCUT2D eigenvalue weighted by Crippen LogP contribution is 2.15. The van der Waals surface area contributed by atoms with Crippen LogP contribution in [0.4, 0.5) is 11.4 Å².